The van der Waals surface area contributed by atoms with Crippen LogP contribution in [0.15, 0.2) is 12.2 Å². The lowest BCUT2D eigenvalue weighted by molar-refractivity contribution is 0.610. The van der Waals surface area contributed by atoms with Crippen molar-refractivity contribution in [2.24, 2.45) is 11.3 Å². The van der Waals surface area contributed by atoms with Crippen LogP contribution < -0.4 is 0 Å². The molecule has 1 heteroatoms. The number of alkyl halides is 1. The Kier molecular flexibility index (Phi) is 7.35. The van der Waals surface area contributed by atoms with Crippen molar-refractivity contribution in [3.05, 3.63) is 12.2 Å². The first-order valence-corrected chi connectivity index (χ1v) is 6.30. The summed E-state index contributed by atoms with van der Waals surface area (Å²) < 4.78 is 0. The summed E-state index contributed by atoms with van der Waals surface area (Å²) in [4.78, 5) is 0. The molecule has 0 N–H and O–H groups in total. The highest BCUT2D eigenvalue weighted by Crippen LogP contribution is 2.52. The van der Waals surface area contributed by atoms with Gasteiger partial charge in [-0.2, -0.15) is 0 Å². The third-order valence-corrected chi connectivity index (χ3v) is 3.02. The first-order chi connectivity index (χ1) is 6.58. The van der Waals surface area contributed by atoms with Gasteiger partial charge in [0.2, 0.25) is 0 Å². The van der Waals surface area contributed by atoms with E-state index in [0.717, 1.165) is 11.8 Å². The molecule has 0 amide bonds. The predicted molar refractivity (Wildman–Crippen MR) is 66.9 cm³/mol. The lowest BCUT2D eigenvalue weighted by Gasteiger charge is -1.93. The van der Waals surface area contributed by atoms with E-state index in [1.165, 1.54) is 25.7 Å². The van der Waals surface area contributed by atoms with E-state index in [1.807, 2.05) is 0 Å². The van der Waals surface area contributed by atoms with E-state index in [1.54, 1.807) is 0 Å². The highest BCUT2D eigenvalue weighted by molar-refractivity contribution is 6.17. The highest BCUT2D eigenvalue weighted by atomic mass is 35.5. The topological polar surface area (TPSA) is 0 Å². The summed E-state index contributed by atoms with van der Waals surface area (Å²) in [6, 6.07) is 0. The summed E-state index contributed by atoms with van der Waals surface area (Å²) in [6.45, 7) is 8.90. The fourth-order valence-corrected chi connectivity index (χ4v) is 1.60. The van der Waals surface area contributed by atoms with Crippen molar-refractivity contribution in [2.45, 2.75) is 53.4 Å². The Bertz CT molecular complexity index is 155. The van der Waals surface area contributed by atoms with Crippen molar-refractivity contribution in [1.29, 1.82) is 0 Å². The Labute approximate surface area is 94.7 Å². The summed E-state index contributed by atoms with van der Waals surface area (Å²) in [5.41, 5.74) is 0.631. The second kappa shape index (κ2) is 7.34. The minimum absolute atomic E-state index is 0.631. The Balaban J connectivity index is 0.000000255. The van der Waals surface area contributed by atoms with Crippen LogP contribution in [0.4, 0.5) is 0 Å². The smallest absolute Gasteiger partial charge is 0.0223 e. The van der Waals surface area contributed by atoms with Crippen molar-refractivity contribution >= 4 is 11.6 Å². The minimum atomic E-state index is 0.631. The Hall–Kier alpha value is 0.0300. The maximum absolute atomic E-state index is 5.38. The average molecular weight is 217 g/mol. The SMILES string of the molecule is CC=CC1CC1(C)C.CCCCCCl. The molecule has 0 aromatic heterocycles. The van der Waals surface area contributed by atoms with Gasteiger partial charge in [-0.25, -0.2) is 0 Å². The van der Waals surface area contributed by atoms with Gasteiger partial charge in [0.15, 0.2) is 0 Å². The molecule has 1 unspecified atom stereocenters. The fraction of sp³-hybridized carbons (Fsp3) is 0.846. The van der Waals surface area contributed by atoms with Gasteiger partial charge in [-0.1, -0.05) is 45.8 Å². The van der Waals surface area contributed by atoms with Crippen molar-refractivity contribution in [1.82, 2.24) is 0 Å². The van der Waals surface area contributed by atoms with Crippen LogP contribution in [0.2, 0.25) is 0 Å². The summed E-state index contributed by atoms with van der Waals surface area (Å²) in [5.74, 6) is 1.71. The molecule has 1 fully saturated rings. The van der Waals surface area contributed by atoms with Gasteiger partial charge in [0.05, 0.1) is 0 Å². The van der Waals surface area contributed by atoms with E-state index in [0.29, 0.717) is 5.41 Å². The second-order valence-corrected chi connectivity index (χ2v) is 5.10. The van der Waals surface area contributed by atoms with E-state index in [4.69, 9.17) is 11.6 Å². The zero-order chi connectivity index (χ0) is 11.0. The van der Waals surface area contributed by atoms with Gasteiger partial charge < -0.3 is 0 Å². The summed E-state index contributed by atoms with van der Waals surface area (Å²) in [7, 11) is 0. The fourth-order valence-electron chi connectivity index (χ4n) is 1.41. The zero-order valence-corrected chi connectivity index (χ0v) is 10.9. The van der Waals surface area contributed by atoms with Gasteiger partial charge in [-0.15, -0.1) is 11.6 Å². The van der Waals surface area contributed by atoms with Crippen LogP contribution >= 0.6 is 11.6 Å². The van der Waals surface area contributed by atoms with Crippen molar-refractivity contribution in [3.63, 3.8) is 0 Å². The van der Waals surface area contributed by atoms with E-state index in [2.05, 4.69) is 39.8 Å². The van der Waals surface area contributed by atoms with Crippen molar-refractivity contribution < 1.29 is 0 Å². The molecule has 0 nitrogen and oxygen atoms in total. The van der Waals surface area contributed by atoms with Crippen LogP contribution in [0, 0.1) is 11.3 Å². The molecule has 1 saturated carbocycles. The monoisotopic (exact) mass is 216 g/mol. The highest BCUT2D eigenvalue weighted by Gasteiger charge is 2.43. The molecular formula is C13H25Cl. The third kappa shape index (κ3) is 6.48. The summed E-state index contributed by atoms with van der Waals surface area (Å²) in [5, 5.41) is 0. The molecular weight excluding hydrogens is 192 g/mol. The van der Waals surface area contributed by atoms with Crippen LogP contribution in [0.3, 0.4) is 0 Å². The van der Waals surface area contributed by atoms with Crippen LogP contribution in [-0.4, -0.2) is 5.88 Å². The van der Waals surface area contributed by atoms with E-state index >= 15 is 0 Å². The summed E-state index contributed by atoms with van der Waals surface area (Å²) >= 11 is 5.38. The second-order valence-electron chi connectivity index (χ2n) is 4.72. The minimum Gasteiger partial charge on any atom is -0.127 e. The third-order valence-electron chi connectivity index (χ3n) is 2.75. The maximum atomic E-state index is 5.38. The van der Waals surface area contributed by atoms with Crippen LogP contribution in [0.5, 0.6) is 0 Å². The molecule has 0 aromatic rings. The molecule has 0 spiro atoms. The zero-order valence-electron chi connectivity index (χ0n) is 10.1. The van der Waals surface area contributed by atoms with Gasteiger partial charge in [0.25, 0.3) is 0 Å². The molecule has 0 saturated heterocycles. The number of unbranched alkanes of at least 4 members (excludes halogenated alkanes) is 2. The molecule has 14 heavy (non-hydrogen) atoms. The molecule has 0 radical (unpaired) electrons. The average Bonchev–Trinajstić information content (AvgIpc) is 2.72. The molecule has 1 rings (SSSR count). The predicted octanol–water partition coefficient (Wildman–Crippen LogP) is 5.02. The van der Waals surface area contributed by atoms with Gasteiger partial charge in [-0.05, 0) is 31.1 Å². The first-order valence-electron chi connectivity index (χ1n) is 5.77. The molecule has 0 aromatic carbocycles. The molecule has 84 valence electrons. The molecule has 1 aliphatic rings. The molecule has 0 bridgehead atoms. The number of hydrogen-bond acceptors (Lipinski definition) is 0. The van der Waals surface area contributed by atoms with Crippen LogP contribution in [-0.2, 0) is 0 Å². The van der Waals surface area contributed by atoms with Crippen LogP contribution in [0.1, 0.15) is 53.4 Å². The standard InChI is InChI=1S/C8H14.C5H11Cl/c1-4-5-7-6-8(7,2)3;1-2-3-4-5-6/h4-5,7H,6H2,1-3H3;2-5H2,1H3. The van der Waals surface area contributed by atoms with Gasteiger partial charge in [0, 0.05) is 5.88 Å². The molecule has 1 aliphatic carbocycles. The lowest BCUT2D eigenvalue weighted by atomic mass is 10.1. The summed E-state index contributed by atoms with van der Waals surface area (Å²) in [6.07, 6.45) is 9.57. The molecule has 0 aliphatic heterocycles. The number of rotatable bonds is 4. The van der Waals surface area contributed by atoms with Gasteiger partial charge in [0.1, 0.15) is 0 Å². The van der Waals surface area contributed by atoms with Crippen molar-refractivity contribution in [3.8, 4) is 0 Å². The molecule has 0 heterocycles. The largest absolute Gasteiger partial charge is 0.127 e. The Morgan fingerprint density at radius 3 is 2.07 bits per heavy atom. The number of hydrogen-bond donors (Lipinski definition) is 0. The maximum Gasteiger partial charge on any atom is 0.0223 e. The number of halogens is 1. The molecule has 1 atom stereocenters. The van der Waals surface area contributed by atoms with Crippen molar-refractivity contribution in [2.75, 3.05) is 5.88 Å². The van der Waals surface area contributed by atoms with E-state index < -0.39 is 0 Å². The quantitative estimate of drug-likeness (QED) is 0.352. The van der Waals surface area contributed by atoms with Crippen LogP contribution in [0.25, 0.3) is 0 Å². The number of allylic oxidation sites excluding steroid dienone is 2. The normalized spacial score (nSPS) is 23.1. The van der Waals surface area contributed by atoms with E-state index in [9.17, 15) is 0 Å². The Morgan fingerprint density at radius 2 is 1.93 bits per heavy atom. The van der Waals surface area contributed by atoms with E-state index in [-0.39, 0.29) is 0 Å². The Morgan fingerprint density at radius 1 is 1.36 bits per heavy atom. The lowest BCUT2D eigenvalue weighted by Crippen LogP contribution is -1.84. The van der Waals surface area contributed by atoms with Gasteiger partial charge in [-0.3, -0.25) is 0 Å². The first kappa shape index (κ1) is 14.0. The van der Waals surface area contributed by atoms with Gasteiger partial charge >= 0.3 is 0 Å².